The number of hydrogen-bond donors (Lipinski definition) is 1. The minimum Gasteiger partial charge on any atom is -0.466 e. The quantitative estimate of drug-likeness (QED) is 0.706. The molecular weight excluding hydrogens is 210 g/mol. The highest BCUT2D eigenvalue weighted by molar-refractivity contribution is 5.96. The van der Waals surface area contributed by atoms with Gasteiger partial charge in [-0.05, 0) is 13.8 Å². The van der Waals surface area contributed by atoms with Gasteiger partial charge in [0, 0.05) is 17.8 Å². The van der Waals surface area contributed by atoms with Crippen molar-refractivity contribution >= 4 is 11.9 Å². The Balaban J connectivity index is 2.99. The Morgan fingerprint density at radius 3 is 1.69 bits per heavy atom. The monoisotopic (exact) mass is 225 g/mol. The number of methoxy groups -OCH3 is 2. The van der Waals surface area contributed by atoms with Crippen molar-refractivity contribution < 1.29 is 19.1 Å². The molecule has 0 aromatic carbocycles. The highest BCUT2D eigenvalue weighted by Crippen LogP contribution is 2.24. The van der Waals surface area contributed by atoms with E-state index >= 15 is 0 Å². The molecule has 1 heterocycles. The van der Waals surface area contributed by atoms with Crippen molar-refractivity contribution in [2.24, 2.45) is 0 Å². The maximum atomic E-state index is 11.4. The summed E-state index contributed by atoms with van der Waals surface area (Å²) in [6.07, 6.45) is 0.240. The maximum Gasteiger partial charge on any atom is 0.335 e. The van der Waals surface area contributed by atoms with Gasteiger partial charge >= 0.3 is 11.9 Å². The molecule has 0 unspecified atom stereocenters. The molecule has 0 atom stereocenters. The fourth-order valence-electron chi connectivity index (χ4n) is 1.57. The van der Waals surface area contributed by atoms with Gasteiger partial charge in [0.05, 0.1) is 25.4 Å². The fraction of sp³-hybridized carbons (Fsp3) is 0.455. The fourth-order valence-corrected chi connectivity index (χ4v) is 1.57. The molecule has 0 amide bonds. The molecule has 0 spiro atoms. The topological polar surface area (TPSA) is 64.6 Å². The van der Waals surface area contributed by atoms with Gasteiger partial charge in [-0.15, -0.1) is 0 Å². The Labute approximate surface area is 94.1 Å². The molecule has 1 N–H and O–H groups in total. The first-order valence-corrected chi connectivity index (χ1v) is 4.84. The number of hydrogen-bond acceptors (Lipinski definition) is 5. The third kappa shape index (κ3) is 2.24. The van der Waals surface area contributed by atoms with Crippen molar-refractivity contribution in [3.63, 3.8) is 0 Å². The average molecular weight is 225 g/mol. The van der Waals surface area contributed by atoms with Crippen LogP contribution in [0.1, 0.15) is 20.3 Å². The maximum absolute atomic E-state index is 11.4. The molecule has 0 saturated heterocycles. The first-order chi connectivity index (χ1) is 7.51. The van der Waals surface area contributed by atoms with E-state index < -0.39 is 11.9 Å². The number of dihydropyridines is 1. The Hall–Kier alpha value is -1.78. The second-order valence-corrected chi connectivity index (χ2v) is 3.49. The molecule has 0 aromatic heterocycles. The van der Waals surface area contributed by atoms with Crippen LogP contribution in [-0.4, -0.2) is 26.2 Å². The van der Waals surface area contributed by atoms with Crippen molar-refractivity contribution in [3.05, 3.63) is 22.5 Å². The molecule has 1 rings (SSSR count). The van der Waals surface area contributed by atoms with Gasteiger partial charge in [0.2, 0.25) is 0 Å². The van der Waals surface area contributed by atoms with E-state index in [1.165, 1.54) is 14.2 Å². The molecule has 0 fully saturated rings. The number of allylic oxidation sites excluding steroid dienone is 2. The molecule has 0 aliphatic carbocycles. The lowest BCUT2D eigenvalue weighted by Gasteiger charge is -2.21. The summed E-state index contributed by atoms with van der Waals surface area (Å²) in [5, 5.41) is 2.97. The lowest BCUT2D eigenvalue weighted by molar-refractivity contribution is -0.136. The molecule has 5 nitrogen and oxygen atoms in total. The predicted molar refractivity (Wildman–Crippen MR) is 57.2 cm³/mol. The Bertz CT molecular complexity index is 357. The van der Waals surface area contributed by atoms with Crippen molar-refractivity contribution in [1.82, 2.24) is 5.32 Å². The normalized spacial score (nSPS) is 15.8. The molecule has 0 saturated carbocycles. The summed E-state index contributed by atoms with van der Waals surface area (Å²) < 4.78 is 9.29. The van der Waals surface area contributed by atoms with Gasteiger partial charge in [0.1, 0.15) is 0 Å². The van der Waals surface area contributed by atoms with Crippen LogP contribution in [0.3, 0.4) is 0 Å². The first kappa shape index (κ1) is 12.3. The van der Waals surface area contributed by atoms with Crippen LogP contribution in [0.2, 0.25) is 0 Å². The number of rotatable bonds is 2. The van der Waals surface area contributed by atoms with E-state index in [4.69, 9.17) is 0 Å². The number of carbonyl (C=O) groups excluding carboxylic acids is 2. The molecule has 1 aliphatic heterocycles. The highest BCUT2D eigenvalue weighted by atomic mass is 16.5. The van der Waals surface area contributed by atoms with Crippen molar-refractivity contribution in [1.29, 1.82) is 0 Å². The van der Waals surface area contributed by atoms with Crippen LogP contribution in [-0.2, 0) is 19.1 Å². The first-order valence-electron chi connectivity index (χ1n) is 4.84. The summed E-state index contributed by atoms with van der Waals surface area (Å²) in [7, 11) is 2.62. The molecule has 16 heavy (non-hydrogen) atoms. The van der Waals surface area contributed by atoms with E-state index in [1.54, 1.807) is 13.8 Å². The molecule has 0 bridgehead atoms. The zero-order chi connectivity index (χ0) is 12.3. The van der Waals surface area contributed by atoms with E-state index in [2.05, 4.69) is 14.8 Å². The molecular formula is C11H15NO4. The van der Waals surface area contributed by atoms with E-state index in [1.807, 2.05) is 0 Å². The summed E-state index contributed by atoms with van der Waals surface area (Å²) in [6, 6.07) is 0. The van der Waals surface area contributed by atoms with Crippen LogP contribution in [0.25, 0.3) is 0 Å². The molecule has 0 radical (unpaired) electrons. The number of nitrogens with one attached hydrogen (secondary N) is 1. The van der Waals surface area contributed by atoms with Gasteiger partial charge in [-0.2, -0.15) is 0 Å². The van der Waals surface area contributed by atoms with E-state index in [9.17, 15) is 9.59 Å². The lowest BCUT2D eigenvalue weighted by atomic mass is 9.98. The van der Waals surface area contributed by atoms with Gasteiger partial charge in [0.25, 0.3) is 0 Å². The highest BCUT2D eigenvalue weighted by Gasteiger charge is 2.25. The predicted octanol–water partition coefficient (Wildman–Crippen LogP) is 0.874. The second kappa shape index (κ2) is 4.83. The zero-order valence-electron chi connectivity index (χ0n) is 9.84. The minimum atomic E-state index is -0.432. The third-order valence-corrected chi connectivity index (χ3v) is 2.50. The van der Waals surface area contributed by atoms with Gasteiger partial charge in [-0.1, -0.05) is 0 Å². The van der Waals surface area contributed by atoms with Crippen LogP contribution >= 0.6 is 0 Å². The summed E-state index contributed by atoms with van der Waals surface area (Å²) in [5.41, 5.74) is 2.32. The second-order valence-electron chi connectivity index (χ2n) is 3.49. The van der Waals surface area contributed by atoms with Gasteiger partial charge < -0.3 is 14.8 Å². The number of carbonyl (C=O) groups is 2. The number of ether oxygens (including phenoxy) is 2. The van der Waals surface area contributed by atoms with Gasteiger partial charge in [-0.25, -0.2) is 9.59 Å². The van der Waals surface area contributed by atoms with Crippen LogP contribution in [0.5, 0.6) is 0 Å². The van der Waals surface area contributed by atoms with E-state index in [-0.39, 0.29) is 6.42 Å². The molecule has 1 aliphatic rings. The van der Waals surface area contributed by atoms with Crippen molar-refractivity contribution in [2.45, 2.75) is 20.3 Å². The average Bonchev–Trinajstić information content (AvgIpc) is 2.27. The summed E-state index contributed by atoms with van der Waals surface area (Å²) in [4.78, 5) is 22.9. The standard InChI is InChI=1S/C11H15NO4/c1-6-8(10(13)15-3)5-9(7(2)12-6)11(14)16-4/h12H,5H2,1-4H3. The zero-order valence-corrected chi connectivity index (χ0v) is 9.84. The Morgan fingerprint density at radius 2 is 1.38 bits per heavy atom. The van der Waals surface area contributed by atoms with E-state index in [0.29, 0.717) is 22.5 Å². The van der Waals surface area contributed by atoms with Crippen LogP contribution in [0, 0.1) is 0 Å². The third-order valence-electron chi connectivity index (χ3n) is 2.50. The molecule has 88 valence electrons. The van der Waals surface area contributed by atoms with Crippen LogP contribution in [0.15, 0.2) is 22.5 Å². The smallest absolute Gasteiger partial charge is 0.335 e. The van der Waals surface area contributed by atoms with Gasteiger partial charge in [-0.3, -0.25) is 0 Å². The summed E-state index contributed by atoms with van der Waals surface area (Å²) >= 11 is 0. The Morgan fingerprint density at radius 1 is 1.00 bits per heavy atom. The van der Waals surface area contributed by atoms with Crippen molar-refractivity contribution in [2.75, 3.05) is 14.2 Å². The SMILES string of the molecule is COC(=O)C1=C(C)NC(C)=C(C(=O)OC)C1. The summed E-state index contributed by atoms with van der Waals surface area (Å²) in [5.74, 6) is -0.863. The number of esters is 2. The Kier molecular flexibility index (Phi) is 3.71. The minimum absolute atomic E-state index is 0.240. The largest absolute Gasteiger partial charge is 0.466 e. The summed E-state index contributed by atoms with van der Waals surface area (Å²) in [6.45, 7) is 3.54. The van der Waals surface area contributed by atoms with Crippen molar-refractivity contribution in [3.8, 4) is 0 Å². The van der Waals surface area contributed by atoms with E-state index in [0.717, 1.165) is 0 Å². The van der Waals surface area contributed by atoms with Crippen LogP contribution in [0.4, 0.5) is 0 Å². The lowest BCUT2D eigenvalue weighted by Crippen LogP contribution is -2.26. The molecule has 0 aromatic rings. The van der Waals surface area contributed by atoms with Crippen LogP contribution < -0.4 is 5.32 Å². The molecule has 5 heteroatoms. The van der Waals surface area contributed by atoms with Gasteiger partial charge in [0.15, 0.2) is 0 Å².